The molecule has 7 heteroatoms. The van der Waals surface area contributed by atoms with Crippen LogP contribution in [0.15, 0.2) is 23.1 Å². The summed E-state index contributed by atoms with van der Waals surface area (Å²) in [6.07, 6.45) is 2.42. The maximum Gasteiger partial charge on any atom is 0.249 e. The molecule has 0 bridgehead atoms. The summed E-state index contributed by atoms with van der Waals surface area (Å²) in [7, 11) is -3.68. The quantitative estimate of drug-likeness (QED) is 0.682. The van der Waals surface area contributed by atoms with Crippen LogP contribution in [0.25, 0.3) is 0 Å². The number of primary amides is 1. The fraction of sp³-hybridized carbons (Fsp3) is 0.500. The maximum absolute atomic E-state index is 12.3. The standard InChI is InChI=1S/C14H20N2O4S/c1-10-2-3-11(8-12(10)13(15)18)21(19,20)16-9-14(4-5-14)6-7-17/h2-3,8,16-17H,4-7,9H2,1H3,(H2,15,18). The van der Waals surface area contributed by atoms with Crippen molar-refractivity contribution >= 4 is 15.9 Å². The number of carbonyl (C=O) groups excluding carboxylic acids is 1. The molecule has 0 atom stereocenters. The van der Waals surface area contributed by atoms with Gasteiger partial charge >= 0.3 is 0 Å². The monoisotopic (exact) mass is 312 g/mol. The van der Waals surface area contributed by atoms with E-state index < -0.39 is 15.9 Å². The van der Waals surface area contributed by atoms with E-state index in [9.17, 15) is 13.2 Å². The van der Waals surface area contributed by atoms with Crippen LogP contribution in [0.3, 0.4) is 0 Å². The summed E-state index contributed by atoms with van der Waals surface area (Å²) < 4.78 is 27.1. The molecule has 1 aromatic rings. The van der Waals surface area contributed by atoms with E-state index in [0.717, 1.165) is 12.8 Å². The van der Waals surface area contributed by atoms with E-state index in [1.54, 1.807) is 13.0 Å². The molecule has 0 heterocycles. The Bertz CT molecular complexity index is 651. The van der Waals surface area contributed by atoms with Gasteiger partial charge in [0, 0.05) is 18.7 Å². The highest BCUT2D eigenvalue weighted by atomic mass is 32.2. The van der Waals surface area contributed by atoms with E-state index in [1.165, 1.54) is 12.1 Å². The van der Waals surface area contributed by atoms with E-state index in [2.05, 4.69) is 4.72 Å². The van der Waals surface area contributed by atoms with Crippen molar-refractivity contribution in [1.29, 1.82) is 0 Å². The largest absolute Gasteiger partial charge is 0.396 e. The van der Waals surface area contributed by atoms with Crippen molar-refractivity contribution in [2.75, 3.05) is 13.2 Å². The molecular weight excluding hydrogens is 292 g/mol. The van der Waals surface area contributed by atoms with E-state index in [-0.39, 0.29) is 22.5 Å². The van der Waals surface area contributed by atoms with Crippen LogP contribution in [-0.4, -0.2) is 32.6 Å². The molecule has 0 aliphatic heterocycles. The number of nitrogens with one attached hydrogen (secondary N) is 1. The molecule has 1 saturated carbocycles. The Morgan fingerprint density at radius 2 is 2.10 bits per heavy atom. The fourth-order valence-electron chi connectivity index (χ4n) is 2.29. The van der Waals surface area contributed by atoms with Gasteiger partial charge in [-0.1, -0.05) is 6.07 Å². The van der Waals surface area contributed by atoms with Gasteiger partial charge in [0.1, 0.15) is 0 Å². The lowest BCUT2D eigenvalue weighted by atomic mass is 10.0. The average Bonchev–Trinajstić information content (AvgIpc) is 3.17. The number of benzene rings is 1. The first-order chi connectivity index (χ1) is 9.80. The zero-order chi connectivity index (χ0) is 15.7. The molecule has 4 N–H and O–H groups in total. The molecule has 2 rings (SSSR count). The van der Waals surface area contributed by atoms with Gasteiger partial charge in [-0.3, -0.25) is 4.79 Å². The topological polar surface area (TPSA) is 109 Å². The maximum atomic E-state index is 12.3. The van der Waals surface area contributed by atoms with Gasteiger partial charge in [0.2, 0.25) is 15.9 Å². The van der Waals surface area contributed by atoms with Gasteiger partial charge in [-0.15, -0.1) is 0 Å². The number of aliphatic hydroxyl groups excluding tert-OH is 1. The second-order valence-corrected chi connectivity index (χ2v) is 7.41. The zero-order valence-electron chi connectivity index (χ0n) is 11.9. The third-order valence-electron chi connectivity index (χ3n) is 4.02. The Balaban J connectivity index is 2.16. The molecular formula is C14H20N2O4S. The predicted octanol–water partition coefficient (Wildman–Crippen LogP) is 0.535. The van der Waals surface area contributed by atoms with E-state index in [0.29, 0.717) is 18.5 Å². The van der Waals surface area contributed by atoms with Crippen molar-refractivity contribution in [3.63, 3.8) is 0 Å². The minimum atomic E-state index is -3.68. The summed E-state index contributed by atoms with van der Waals surface area (Å²) >= 11 is 0. The van der Waals surface area contributed by atoms with E-state index >= 15 is 0 Å². The van der Waals surface area contributed by atoms with Crippen molar-refractivity contribution in [1.82, 2.24) is 4.72 Å². The fourth-order valence-corrected chi connectivity index (χ4v) is 3.48. The first-order valence-electron chi connectivity index (χ1n) is 6.81. The van der Waals surface area contributed by atoms with E-state index in [4.69, 9.17) is 10.8 Å². The number of rotatable bonds is 7. The van der Waals surface area contributed by atoms with Crippen molar-refractivity contribution in [3.05, 3.63) is 29.3 Å². The summed E-state index contributed by atoms with van der Waals surface area (Å²) in [5.41, 5.74) is 5.97. The Kier molecular flexibility index (Phi) is 4.36. The highest BCUT2D eigenvalue weighted by Crippen LogP contribution is 2.48. The lowest BCUT2D eigenvalue weighted by Gasteiger charge is -2.15. The van der Waals surface area contributed by atoms with Gasteiger partial charge < -0.3 is 10.8 Å². The average molecular weight is 312 g/mol. The lowest BCUT2D eigenvalue weighted by Crippen LogP contribution is -2.31. The zero-order valence-corrected chi connectivity index (χ0v) is 12.7. The molecule has 0 aromatic heterocycles. The highest BCUT2D eigenvalue weighted by Gasteiger charge is 2.42. The number of aryl methyl sites for hydroxylation is 1. The SMILES string of the molecule is Cc1ccc(S(=O)(=O)NCC2(CCO)CC2)cc1C(N)=O. The predicted molar refractivity (Wildman–Crippen MR) is 78.3 cm³/mol. The normalized spacial score (nSPS) is 16.7. The number of nitrogens with two attached hydrogens (primary N) is 1. The Morgan fingerprint density at radius 3 is 2.62 bits per heavy atom. The van der Waals surface area contributed by atoms with Crippen LogP contribution in [0.4, 0.5) is 0 Å². The first-order valence-corrected chi connectivity index (χ1v) is 8.29. The summed E-state index contributed by atoms with van der Waals surface area (Å²) in [4.78, 5) is 11.3. The van der Waals surface area contributed by atoms with Crippen LogP contribution in [0, 0.1) is 12.3 Å². The molecule has 1 aliphatic rings. The molecule has 116 valence electrons. The Morgan fingerprint density at radius 1 is 1.43 bits per heavy atom. The van der Waals surface area contributed by atoms with Crippen LogP contribution in [0.2, 0.25) is 0 Å². The number of hydrogen-bond acceptors (Lipinski definition) is 4. The van der Waals surface area contributed by atoms with Crippen LogP contribution in [0.5, 0.6) is 0 Å². The van der Waals surface area contributed by atoms with Crippen molar-refractivity contribution in [2.45, 2.75) is 31.1 Å². The van der Waals surface area contributed by atoms with Crippen molar-refractivity contribution in [2.24, 2.45) is 11.1 Å². The number of hydrogen-bond donors (Lipinski definition) is 3. The van der Waals surface area contributed by atoms with Crippen molar-refractivity contribution < 1.29 is 18.3 Å². The second-order valence-electron chi connectivity index (χ2n) is 5.64. The van der Waals surface area contributed by atoms with Gasteiger partial charge in [0.05, 0.1) is 4.90 Å². The molecule has 1 fully saturated rings. The smallest absolute Gasteiger partial charge is 0.249 e. The Hall–Kier alpha value is -1.44. The second kappa shape index (κ2) is 5.75. The Labute approximate surface area is 124 Å². The number of sulfonamides is 1. The van der Waals surface area contributed by atoms with Gasteiger partial charge in [0.25, 0.3) is 0 Å². The summed E-state index contributed by atoms with van der Waals surface area (Å²) in [5, 5.41) is 8.99. The van der Waals surface area contributed by atoms with Crippen LogP contribution >= 0.6 is 0 Å². The van der Waals surface area contributed by atoms with Gasteiger partial charge in [-0.05, 0) is 49.3 Å². The number of aliphatic hydroxyl groups is 1. The highest BCUT2D eigenvalue weighted by molar-refractivity contribution is 7.89. The molecule has 21 heavy (non-hydrogen) atoms. The molecule has 6 nitrogen and oxygen atoms in total. The van der Waals surface area contributed by atoms with Gasteiger partial charge in [0.15, 0.2) is 0 Å². The molecule has 0 saturated heterocycles. The van der Waals surface area contributed by atoms with Gasteiger partial charge in [-0.2, -0.15) is 0 Å². The van der Waals surface area contributed by atoms with E-state index in [1.807, 2.05) is 0 Å². The molecule has 0 spiro atoms. The third-order valence-corrected chi connectivity index (χ3v) is 5.42. The number of amides is 1. The molecule has 1 aromatic carbocycles. The molecule has 1 amide bonds. The summed E-state index contributed by atoms with van der Waals surface area (Å²) in [5.74, 6) is -0.650. The van der Waals surface area contributed by atoms with Crippen LogP contribution in [0.1, 0.15) is 35.2 Å². The number of carbonyl (C=O) groups is 1. The minimum Gasteiger partial charge on any atom is -0.396 e. The lowest BCUT2D eigenvalue weighted by molar-refractivity contribution is 0.0999. The van der Waals surface area contributed by atoms with Crippen LogP contribution < -0.4 is 10.5 Å². The van der Waals surface area contributed by atoms with Crippen molar-refractivity contribution in [3.8, 4) is 0 Å². The molecule has 0 radical (unpaired) electrons. The van der Waals surface area contributed by atoms with Crippen LogP contribution in [-0.2, 0) is 10.0 Å². The molecule has 0 unspecified atom stereocenters. The third kappa shape index (κ3) is 3.61. The minimum absolute atomic E-state index is 0.0294. The molecule has 1 aliphatic carbocycles. The summed E-state index contributed by atoms with van der Waals surface area (Å²) in [6, 6.07) is 4.32. The van der Waals surface area contributed by atoms with Gasteiger partial charge in [-0.25, -0.2) is 13.1 Å². The first kappa shape index (κ1) is 15.9. The summed E-state index contributed by atoms with van der Waals surface area (Å²) in [6.45, 7) is 2.05.